The van der Waals surface area contributed by atoms with Gasteiger partial charge in [0.2, 0.25) is 5.91 Å². The van der Waals surface area contributed by atoms with E-state index in [0.29, 0.717) is 13.1 Å². The highest BCUT2D eigenvalue weighted by atomic mass is 35.5. The van der Waals surface area contributed by atoms with Crippen LogP contribution in [0.1, 0.15) is 29.0 Å². The van der Waals surface area contributed by atoms with E-state index in [1.807, 2.05) is 48.5 Å². The number of nitrogens with one attached hydrogen (secondary N) is 1. The molecule has 4 rings (SSSR count). The third-order valence-corrected chi connectivity index (χ3v) is 5.08. The number of carbonyl (C=O) groups is 1. The number of halogens is 1. The van der Waals surface area contributed by atoms with Gasteiger partial charge >= 0.3 is 0 Å². The van der Waals surface area contributed by atoms with Gasteiger partial charge in [-0.25, -0.2) is 9.67 Å². The minimum atomic E-state index is 0.0292. The van der Waals surface area contributed by atoms with Crippen LogP contribution in [0.3, 0.4) is 0 Å². The summed E-state index contributed by atoms with van der Waals surface area (Å²) in [4.78, 5) is 16.3. The molecule has 1 amide bonds. The Morgan fingerprint density at radius 1 is 1.15 bits per heavy atom. The molecule has 2 unspecified atom stereocenters. The standard InChI is InChI=1S/C20H19ClN4O/c21-19-4-2-1-3-16(19)17-9-18(17)20(26)23-10-14-5-7-15(8-6-14)11-25-13-22-12-24-25/h1-8,12-13,17-18H,9-11H2,(H,23,26). The predicted octanol–water partition coefficient (Wildman–Crippen LogP) is 3.40. The van der Waals surface area contributed by atoms with Gasteiger partial charge in [0.05, 0.1) is 6.54 Å². The van der Waals surface area contributed by atoms with Gasteiger partial charge in [-0.15, -0.1) is 0 Å². The summed E-state index contributed by atoms with van der Waals surface area (Å²) in [6, 6.07) is 15.9. The first-order valence-corrected chi connectivity index (χ1v) is 9.01. The first-order chi connectivity index (χ1) is 12.7. The number of hydrogen-bond donors (Lipinski definition) is 1. The molecule has 1 aromatic heterocycles. The van der Waals surface area contributed by atoms with E-state index in [2.05, 4.69) is 15.4 Å². The topological polar surface area (TPSA) is 59.8 Å². The van der Waals surface area contributed by atoms with E-state index in [9.17, 15) is 4.79 Å². The smallest absolute Gasteiger partial charge is 0.224 e. The van der Waals surface area contributed by atoms with Gasteiger partial charge < -0.3 is 5.32 Å². The Hall–Kier alpha value is -2.66. The summed E-state index contributed by atoms with van der Waals surface area (Å²) in [6.07, 6.45) is 4.09. The van der Waals surface area contributed by atoms with Gasteiger partial charge in [0.1, 0.15) is 12.7 Å². The number of aromatic nitrogens is 3. The molecule has 0 spiro atoms. The summed E-state index contributed by atoms with van der Waals surface area (Å²) >= 11 is 6.23. The zero-order chi connectivity index (χ0) is 17.9. The summed E-state index contributed by atoms with van der Waals surface area (Å²) in [6.45, 7) is 1.22. The Labute approximate surface area is 157 Å². The molecule has 1 aliphatic carbocycles. The van der Waals surface area contributed by atoms with Crippen LogP contribution in [0.4, 0.5) is 0 Å². The fourth-order valence-electron chi connectivity index (χ4n) is 3.19. The average Bonchev–Trinajstić information content (AvgIpc) is 3.29. The second-order valence-electron chi connectivity index (χ2n) is 6.60. The maximum absolute atomic E-state index is 12.4. The molecule has 0 saturated heterocycles. The van der Waals surface area contributed by atoms with Crippen molar-refractivity contribution in [1.29, 1.82) is 0 Å². The molecular formula is C20H19ClN4O. The van der Waals surface area contributed by atoms with E-state index in [1.165, 1.54) is 6.33 Å². The van der Waals surface area contributed by atoms with Crippen molar-refractivity contribution >= 4 is 17.5 Å². The fourth-order valence-corrected chi connectivity index (χ4v) is 3.46. The zero-order valence-electron chi connectivity index (χ0n) is 14.2. The normalized spacial score (nSPS) is 18.5. The largest absolute Gasteiger partial charge is 0.352 e. The van der Waals surface area contributed by atoms with Crippen molar-refractivity contribution in [3.05, 3.63) is 82.9 Å². The van der Waals surface area contributed by atoms with E-state index in [4.69, 9.17) is 11.6 Å². The number of rotatable bonds is 6. The monoisotopic (exact) mass is 366 g/mol. The Morgan fingerprint density at radius 3 is 2.65 bits per heavy atom. The second-order valence-corrected chi connectivity index (χ2v) is 7.00. The molecule has 6 heteroatoms. The van der Waals surface area contributed by atoms with Gasteiger partial charge in [-0.05, 0) is 35.1 Å². The van der Waals surface area contributed by atoms with Gasteiger partial charge in [0.15, 0.2) is 0 Å². The van der Waals surface area contributed by atoms with E-state index < -0.39 is 0 Å². The van der Waals surface area contributed by atoms with Crippen molar-refractivity contribution < 1.29 is 4.79 Å². The van der Waals surface area contributed by atoms with Crippen LogP contribution in [0.5, 0.6) is 0 Å². The highest BCUT2D eigenvalue weighted by Crippen LogP contribution is 2.49. The Morgan fingerprint density at radius 2 is 1.92 bits per heavy atom. The van der Waals surface area contributed by atoms with Crippen molar-refractivity contribution in [3.63, 3.8) is 0 Å². The summed E-state index contributed by atoms with van der Waals surface area (Å²) in [5.41, 5.74) is 3.30. The molecule has 1 heterocycles. The predicted molar refractivity (Wildman–Crippen MR) is 99.7 cm³/mol. The SMILES string of the molecule is O=C(NCc1ccc(Cn2cncn2)cc1)C1CC1c1ccccc1Cl. The molecular weight excluding hydrogens is 348 g/mol. The molecule has 1 saturated carbocycles. The van der Waals surface area contributed by atoms with Crippen LogP contribution in [-0.2, 0) is 17.9 Å². The lowest BCUT2D eigenvalue weighted by Crippen LogP contribution is -2.24. The molecule has 1 fully saturated rings. The summed E-state index contributed by atoms with van der Waals surface area (Å²) in [5.74, 6) is 0.372. The van der Waals surface area contributed by atoms with Crippen LogP contribution in [-0.4, -0.2) is 20.7 Å². The first kappa shape index (κ1) is 16.8. The molecule has 1 aliphatic rings. The Balaban J connectivity index is 1.29. The maximum Gasteiger partial charge on any atom is 0.224 e. The molecule has 1 N–H and O–H groups in total. The van der Waals surface area contributed by atoms with Crippen molar-refractivity contribution in [3.8, 4) is 0 Å². The summed E-state index contributed by atoms with van der Waals surface area (Å²) in [5, 5.41) is 7.88. The third-order valence-electron chi connectivity index (χ3n) is 4.73. The fraction of sp³-hybridized carbons (Fsp3) is 0.250. The summed E-state index contributed by atoms with van der Waals surface area (Å²) in [7, 11) is 0. The molecule has 2 aromatic carbocycles. The lowest BCUT2D eigenvalue weighted by atomic mass is 10.1. The summed E-state index contributed by atoms with van der Waals surface area (Å²) < 4.78 is 1.78. The molecule has 0 bridgehead atoms. The number of nitrogens with zero attached hydrogens (tertiary/aromatic N) is 3. The third kappa shape index (κ3) is 3.78. The average molecular weight is 367 g/mol. The number of hydrogen-bond acceptors (Lipinski definition) is 3. The molecule has 2 atom stereocenters. The highest BCUT2D eigenvalue weighted by molar-refractivity contribution is 6.31. The number of benzene rings is 2. The molecule has 26 heavy (non-hydrogen) atoms. The van der Waals surface area contributed by atoms with Crippen LogP contribution >= 0.6 is 11.6 Å². The Bertz CT molecular complexity index is 892. The second kappa shape index (κ2) is 7.30. The number of amides is 1. The van der Waals surface area contributed by atoms with E-state index >= 15 is 0 Å². The highest BCUT2D eigenvalue weighted by Gasteiger charge is 2.44. The van der Waals surface area contributed by atoms with Gasteiger partial charge in [-0.2, -0.15) is 5.10 Å². The Kier molecular flexibility index (Phi) is 4.71. The van der Waals surface area contributed by atoms with Gasteiger partial charge in [-0.3, -0.25) is 4.79 Å². The lowest BCUT2D eigenvalue weighted by Gasteiger charge is -2.07. The molecule has 0 aliphatic heterocycles. The molecule has 3 aromatic rings. The van der Waals surface area contributed by atoms with Crippen LogP contribution in [0.25, 0.3) is 0 Å². The van der Waals surface area contributed by atoms with Crippen molar-refractivity contribution in [2.75, 3.05) is 0 Å². The maximum atomic E-state index is 12.4. The van der Waals surface area contributed by atoms with E-state index in [-0.39, 0.29) is 17.7 Å². The van der Waals surface area contributed by atoms with Crippen molar-refractivity contribution in [1.82, 2.24) is 20.1 Å². The van der Waals surface area contributed by atoms with Crippen LogP contribution in [0.15, 0.2) is 61.2 Å². The van der Waals surface area contributed by atoms with Gasteiger partial charge in [-0.1, -0.05) is 54.1 Å². The van der Waals surface area contributed by atoms with E-state index in [1.54, 1.807) is 11.0 Å². The van der Waals surface area contributed by atoms with Crippen molar-refractivity contribution in [2.45, 2.75) is 25.4 Å². The molecule has 5 nitrogen and oxygen atoms in total. The minimum Gasteiger partial charge on any atom is -0.352 e. The minimum absolute atomic E-state index is 0.0292. The first-order valence-electron chi connectivity index (χ1n) is 8.63. The van der Waals surface area contributed by atoms with Crippen LogP contribution < -0.4 is 5.32 Å². The number of carbonyl (C=O) groups excluding carboxylic acids is 1. The molecule has 0 radical (unpaired) electrons. The lowest BCUT2D eigenvalue weighted by molar-refractivity contribution is -0.122. The van der Waals surface area contributed by atoms with Crippen molar-refractivity contribution in [2.24, 2.45) is 5.92 Å². The quantitative estimate of drug-likeness (QED) is 0.727. The van der Waals surface area contributed by atoms with Gasteiger partial charge in [0.25, 0.3) is 0 Å². The van der Waals surface area contributed by atoms with Crippen LogP contribution in [0, 0.1) is 5.92 Å². The van der Waals surface area contributed by atoms with Crippen LogP contribution in [0.2, 0.25) is 5.02 Å². The van der Waals surface area contributed by atoms with Gasteiger partial charge in [0, 0.05) is 17.5 Å². The molecule has 132 valence electrons. The zero-order valence-corrected chi connectivity index (χ0v) is 14.9. The van der Waals surface area contributed by atoms with E-state index in [0.717, 1.165) is 28.1 Å².